The van der Waals surface area contributed by atoms with Crippen molar-refractivity contribution in [1.82, 2.24) is 15.0 Å². The van der Waals surface area contributed by atoms with Gasteiger partial charge in [0, 0.05) is 18.0 Å². The second-order valence-corrected chi connectivity index (χ2v) is 10.4. The third-order valence-electron chi connectivity index (χ3n) is 7.11. The molecule has 0 unspecified atom stereocenters. The first kappa shape index (κ1) is 30.9. The summed E-state index contributed by atoms with van der Waals surface area (Å²) in [6.45, 7) is 11.5. The third-order valence-corrected chi connectivity index (χ3v) is 7.38. The summed E-state index contributed by atoms with van der Waals surface area (Å²) in [5.41, 5.74) is 8.07. The number of pyridine rings is 3. The molecule has 9 nitrogen and oxygen atoms in total. The van der Waals surface area contributed by atoms with Crippen molar-refractivity contribution in [3.05, 3.63) is 124 Å². The lowest BCUT2D eigenvalue weighted by atomic mass is 9.90. The fourth-order valence-corrected chi connectivity index (χ4v) is 4.99. The largest absolute Gasteiger partial charge is 0.485 e. The average Bonchev–Trinajstić information content (AvgIpc) is 3.07. The van der Waals surface area contributed by atoms with Crippen LogP contribution in [0.2, 0.25) is 5.02 Å². The molecule has 0 N–H and O–H groups in total. The van der Waals surface area contributed by atoms with Crippen molar-refractivity contribution in [2.45, 2.75) is 27.1 Å². The van der Waals surface area contributed by atoms with Gasteiger partial charge in [-0.3, -0.25) is 19.6 Å². The van der Waals surface area contributed by atoms with Gasteiger partial charge in [-0.2, -0.15) is 4.98 Å². The number of carbonyl (C=O) groups is 2. The van der Waals surface area contributed by atoms with E-state index in [1.807, 2.05) is 37.3 Å². The molecule has 3 aromatic heterocycles. The summed E-state index contributed by atoms with van der Waals surface area (Å²) in [5.74, 6) is 0.716. The van der Waals surface area contributed by atoms with Gasteiger partial charge < -0.3 is 14.2 Å². The van der Waals surface area contributed by atoms with Crippen molar-refractivity contribution in [3.63, 3.8) is 0 Å². The number of ether oxygens (including phenoxy) is 3. The lowest BCUT2D eigenvalue weighted by Gasteiger charge is -2.17. The first-order valence-electron chi connectivity index (χ1n) is 13.9. The number of carbonyl (C=O) groups excluding carboxylic acids is 2. The Hall–Kier alpha value is -5.59. The van der Waals surface area contributed by atoms with Crippen LogP contribution in [0.3, 0.4) is 0 Å². The summed E-state index contributed by atoms with van der Waals surface area (Å²) in [6, 6.07) is 18.8. The van der Waals surface area contributed by atoms with Crippen molar-refractivity contribution in [2.75, 3.05) is 6.61 Å². The van der Waals surface area contributed by atoms with Crippen molar-refractivity contribution in [1.29, 1.82) is 0 Å². The van der Waals surface area contributed by atoms with Crippen LogP contribution in [-0.2, 0) is 18.0 Å². The van der Waals surface area contributed by atoms with Crippen LogP contribution >= 0.6 is 11.6 Å². The van der Waals surface area contributed by atoms with Crippen LogP contribution in [0.5, 0.6) is 17.5 Å². The second kappa shape index (κ2) is 14.3. The molecule has 3 heterocycles. The van der Waals surface area contributed by atoms with Crippen molar-refractivity contribution >= 4 is 29.9 Å². The molecule has 0 aliphatic heterocycles. The van der Waals surface area contributed by atoms with Crippen molar-refractivity contribution in [3.8, 4) is 39.9 Å². The molecule has 10 heteroatoms. The number of halogens is 1. The zero-order valence-corrected chi connectivity index (χ0v) is 25.2. The van der Waals surface area contributed by atoms with Gasteiger partial charge >= 0.3 is 0 Å². The molecular formula is C35H27ClN4O5. The van der Waals surface area contributed by atoms with Crippen LogP contribution in [0.4, 0.5) is 5.69 Å². The number of hydrogen-bond donors (Lipinski definition) is 0. The number of aromatic nitrogens is 3. The molecule has 0 fully saturated rings. The predicted octanol–water partition coefficient (Wildman–Crippen LogP) is 7.57. The maximum Gasteiger partial charge on any atom is 0.236 e. The van der Waals surface area contributed by atoms with E-state index in [-0.39, 0.29) is 42.2 Å². The Morgan fingerprint density at radius 1 is 0.844 bits per heavy atom. The normalized spacial score (nSPS) is 10.5. The molecule has 0 bridgehead atoms. The van der Waals surface area contributed by atoms with Crippen LogP contribution in [0.25, 0.3) is 27.2 Å². The number of rotatable bonds is 12. The highest BCUT2D eigenvalue weighted by molar-refractivity contribution is 6.32. The summed E-state index contributed by atoms with van der Waals surface area (Å²) in [4.78, 5) is 38.6. The summed E-state index contributed by atoms with van der Waals surface area (Å²) >= 11 is 6.43. The van der Waals surface area contributed by atoms with E-state index in [9.17, 15) is 9.59 Å². The van der Waals surface area contributed by atoms with Crippen LogP contribution in [0.1, 0.15) is 32.6 Å². The number of hydrogen-bond acceptors (Lipinski definition) is 8. The van der Waals surface area contributed by atoms with Gasteiger partial charge in [0.05, 0.1) is 24.0 Å². The zero-order chi connectivity index (χ0) is 31.8. The molecule has 0 radical (unpaired) electrons. The monoisotopic (exact) mass is 618 g/mol. The Morgan fingerprint density at radius 3 is 2.33 bits per heavy atom. The Bertz CT molecular complexity index is 1900. The topological polar surface area (TPSA) is 105 Å². The SMILES string of the molecule is [C-]#[N+]c1cncc(COc2nc(OCc3cccc(-c4cccc(-c5ccc(OCC=O)cn5)c4C)c3C)c(Cl)cc2C=O)c1. The molecule has 0 saturated carbocycles. The minimum Gasteiger partial charge on any atom is -0.485 e. The maximum absolute atomic E-state index is 11.7. The van der Waals surface area contributed by atoms with Crippen LogP contribution in [-0.4, -0.2) is 34.1 Å². The third kappa shape index (κ3) is 7.15. The fraction of sp³-hybridized carbons (Fsp3) is 0.143. The van der Waals surface area contributed by atoms with Crippen LogP contribution in [0.15, 0.2) is 79.3 Å². The standard InChI is InChI=1S/C35H27ClN4O5/c1-22-25(21-45-35-32(36)15-26(19-42)34(40-35)44-20-24-14-27(37-3)17-38-16-24)6-4-7-29(22)30-8-5-9-31(23(30)2)33-11-10-28(18-39-33)43-13-12-41/h4-12,14-19H,13,20-21H2,1-2H3. The Kier molecular flexibility index (Phi) is 9.77. The van der Waals surface area contributed by atoms with E-state index in [1.54, 1.807) is 24.5 Å². The quantitative estimate of drug-likeness (QED) is 0.104. The first-order valence-corrected chi connectivity index (χ1v) is 14.2. The minimum atomic E-state index is -0.0198. The molecule has 0 amide bonds. The Morgan fingerprint density at radius 2 is 1.60 bits per heavy atom. The van der Waals surface area contributed by atoms with Crippen molar-refractivity contribution in [2.24, 2.45) is 0 Å². The smallest absolute Gasteiger partial charge is 0.236 e. The molecule has 0 spiro atoms. The van der Waals surface area contributed by atoms with Crippen molar-refractivity contribution < 1.29 is 23.8 Å². The lowest BCUT2D eigenvalue weighted by Crippen LogP contribution is -2.05. The molecular weight excluding hydrogens is 592 g/mol. The molecule has 5 aromatic rings. The van der Waals surface area contributed by atoms with E-state index < -0.39 is 0 Å². The van der Waals surface area contributed by atoms with Gasteiger partial charge in [0.15, 0.2) is 12.6 Å². The summed E-state index contributed by atoms with van der Waals surface area (Å²) in [7, 11) is 0. The molecule has 2 aromatic carbocycles. The maximum atomic E-state index is 11.7. The van der Waals surface area contributed by atoms with E-state index in [0.29, 0.717) is 29.6 Å². The Balaban J connectivity index is 1.36. The molecule has 224 valence electrons. The number of nitrogens with zero attached hydrogens (tertiary/aromatic N) is 4. The molecule has 0 saturated heterocycles. The first-order chi connectivity index (χ1) is 21.9. The van der Waals surface area contributed by atoms with Gasteiger partial charge in [0.2, 0.25) is 17.4 Å². The summed E-state index contributed by atoms with van der Waals surface area (Å²) in [5, 5.41) is 0.175. The highest BCUT2D eigenvalue weighted by Crippen LogP contribution is 2.35. The lowest BCUT2D eigenvalue weighted by molar-refractivity contribution is -0.109. The molecule has 5 rings (SSSR count). The van der Waals surface area contributed by atoms with Gasteiger partial charge in [-0.1, -0.05) is 48.0 Å². The number of aldehydes is 2. The minimum absolute atomic E-state index is 0.0198. The highest BCUT2D eigenvalue weighted by atomic mass is 35.5. The van der Waals surface area contributed by atoms with Gasteiger partial charge in [-0.05, 0) is 71.5 Å². The predicted molar refractivity (Wildman–Crippen MR) is 170 cm³/mol. The van der Waals surface area contributed by atoms with Gasteiger partial charge in [-0.25, -0.2) is 4.85 Å². The van der Waals surface area contributed by atoms with E-state index >= 15 is 0 Å². The van der Waals surface area contributed by atoms with Gasteiger partial charge in [-0.15, -0.1) is 0 Å². The fourth-order valence-electron chi connectivity index (χ4n) is 4.77. The average molecular weight is 619 g/mol. The highest BCUT2D eigenvalue weighted by Gasteiger charge is 2.16. The second-order valence-electron chi connectivity index (χ2n) is 9.95. The summed E-state index contributed by atoms with van der Waals surface area (Å²) < 4.78 is 17.2. The van der Waals surface area contributed by atoms with E-state index in [4.69, 9.17) is 32.4 Å². The van der Waals surface area contributed by atoms with Crippen LogP contribution < -0.4 is 14.2 Å². The van der Waals surface area contributed by atoms with Gasteiger partial charge in [0.25, 0.3) is 0 Å². The zero-order valence-electron chi connectivity index (χ0n) is 24.5. The Labute approximate surface area is 265 Å². The molecule has 0 atom stereocenters. The molecule has 45 heavy (non-hydrogen) atoms. The van der Waals surface area contributed by atoms with Gasteiger partial charge in [0.1, 0.15) is 30.6 Å². The van der Waals surface area contributed by atoms with E-state index in [0.717, 1.165) is 39.1 Å². The van der Waals surface area contributed by atoms with E-state index in [1.165, 1.54) is 12.3 Å². The summed E-state index contributed by atoms with van der Waals surface area (Å²) in [6.07, 6.45) is 5.95. The van der Waals surface area contributed by atoms with Crippen LogP contribution in [0, 0.1) is 20.4 Å². The molecule has 0 aliphatic carbocycles. The molecule has 0 aliphatic rings. The number of benzene rings is 2. The van der Waals surface area contributed by atoms with E-state index in [2.05, 4.69) is 38.9 Å².